The Morgan fingerprint density at radius 1 is 0.700 bits per heavy atom. The minimum atomic E-state index is -0.437. The lowest BCUT2D eigenvalue weighted by Crippen LogP contribution is -2.20. The fourth-order valence-electron chi connectivity index (χ4n) is 3.19. The second-order valence-electron chi connectivity index (χ2n) is 9.58. The minimum absolute atomic E-state index is 0.0170. The van der Waals surface area contributed by atoms with Gasteiger partial charge in [0.05, 0.1) is 6.04 Å². The van der Waals surface area contributed by atoms with Gasteiger partial charge in [-0.25, -0.2) is 0 Å². The largest absolute Gasteiger partial charge is 0.467 e. The summed E-state index contributed by atoms with van der Waals surface area (Å²) in [5.74, 6) is 1.41. The number of rotatable bonds is 8. The lowest BCUT2D eigenvalue weighted by Gasteiger charge is -2.26. The average molecular weight is 416 g/mol. The van der Waals surface area contributed by atoms with Crippen LogP contribution in [0.25, 0.3) is 0 Å². The molecule has 0 unspecified atom stereocenters. The van der Waals surface area contributed by atoms with E-state index in [1.54, 1.807) is 14.2 Å². The highest BCUT2D eigenvalue weighted by molar-refractivity contribution is 5.50. The molecule has 0 bridgehead atoms. The van der Waals surface area contributed by atoms with Crippen LogP contribution in [-0.2, 0) is 20.3 Å². The summed E-state index contributed by atoms with van der Waals surface area (Å²) in [6.45, 7) is 13.4. The third kappa shape index (κ3) is 5.97. The summed E-state index contributed by atoms with van der Waals surface area (Å²) in [6.07, 6.45) is 0. The molecule has 0 aliphatic rings. The van der Waals surface area contributed by atoms with Gasteiger partial charge in [-0.15, -0.1) is 0 Å². The lowest BCUT2D eigenvalue weighted by molar-refractivity contribution is 0.0493. The quantitative estimate of drug-likeness (QED) is 0.593. The predicted octanol–water partition coefficient (Wildman–Crippen LogP) is 5.30. The van der Waals surface area contributed by atoms with E-state index >= 15 is 0 Å². The molecule has 166 valence electrons. The minimum Gasteiger partial charge on any atom is -0.467 e. The molecule has 5 nitrogen and oxygen atoms in total. The number of hydrogen-bond acceptors (Lipinski definition) is 5. The Kier molecular flexibility index (Phi) is 7.92. The van der Waals surface area contributed by atoms with Crippen molar-refractivity contribution in [1.82, 2.24) is 0 Å². The molecule has 0 saturated carbocycles. The monoisotopic (exact) mass is 415 g/mol. The Balaban J connectivity index is 2.62. The van der Waals surface area contributed by atoms with Crippen molar-refractivity contribution in [2.24, 2.45) is 5.73 Å². The molecule has 0 radical (unpaired) electrons. The van der Waals surface area contributed by atoms with Gasteiger partial charge in [-0.1, -0.05) is 53.7 Å². The number of hydrogen-bond donors (Lipinski definition) is 1. The van der Waals surface area contributed by atoms with E-state index in [4.69, 9.17) is 24.7 Å². The molecule has 0 aliphatic heterocycles. The zero-order valence-electron chi connectivity index (χ0n) is 19.7. The maximum atomic E-state index is 6.84. The predicted molar refractivity (Wildman–Crippen MR) is 121 cm³/mol. The SMILES string of the molecule is COCOc1ccc(C(C)(C)C)cc1C(N)c1cc(C(C)(C)C)ccc1OCOC. The second-order valence-corrected chi connectivity index (χ2v) is 9.58. The molecular weight excluding hydrogens is 378 g/mol. The van der Waals surface area contributed by atoms with Gasteiger partial charge in [0.25, 0.3) is 0 Å². The molecule has 0 amide bonds. The van der Waals surface area contributed by atoms with E-state index in [-0.39, 0.29) is 24.4 Å². The van der Waals surface area contributed by atoms with Crippen LogP contribution in [0.1, 0.15) is 69.8 Å². The first kappa shape index (κ1) is 24.2. The summed E-state index contributed by atoms with van der Waals surface area (Å²) in [7, 11) is 3.21. The van der Waals surface area contributed by atoms with Gasteiger partial charge in [0.1, 0.15) is 11.5 Å². The Morgan fingerprint density at radius 3 is 1.37 bits per heavy atom. The zero-order valence-corrected chi connectivity index (χ0v) is 19.7. The molecule has 2 rings (SSSR count). The topological polar surface area (TPSA) is 62.9 Å². The summed E-state index contributed by atoms with van der Waals surface area (Å²) in [4.78, 5) is 0. The van der Waals surface area contributed by atoms with Crippen molar-refractivity contribution in [3.8, 4) is 11.5 Å². The summed E-state index contributed by atoms with van der Waals surface area (Å²) in [6, 6.07) is 11.9. The van der Waals surface area contributed by atoms with E-state index in [2.05, 4.69) is 65.8 Å². The highest BCUT2D eigenvalue weighted by atomic mass is 16.7. The van der Waals surface area contributed by atoms with Crippen LogP contribution >= 0.6 is 0 Å². The molecule has 2 N–H and O–H groups in total. The van der Waals surface area contributed by atoms with E-state index in [1.807, 2.05) is 12.1 Å². The van der Waals surface area contributed by atoms with Crippen molar-refractivity contribution >= 4 is 0 Å². The Labute approximate surface area is 181 Å². The molecule has 0 saturated heterocycles. The summed E-state index contributed by atoms with van der Waals surface area (Å²) < 4.78 is 21.9. The molecule has 0 fully saturated rings. The van der Waals surface area contributed by atoms with Gasteiger partial charge in [0.2, 0.25) is 0 Å². The van der Waals surface area contributed by atoms with E-state index in [9.17, 15) is 0 Å². The van der Waals surface area contributed by atoms with Crippen molar-refractivity contribution in [2.45, 2.75) is 58.4 Å². The number of ether oxygens (including phenoxy) is 4. The summed E-state index contributed by atoms with van der Waals surface area (Å²) in [5.41, 5.74) is 11.0. The van der Waals surface area contributed by atoms with Gasteiger partial charge in [-0.05, 0) is 46.2 Å². The van der Waals surface area contributed by atoms with Crippen LogP contribution in [-0.4, -0.2) is 27.8 Å². The number of benzene rings is 2. The fourth-order valence-corrected chi connectivity index (χ4v) is 3.19. The molecule has 0 aromatic heterocycles. The molecular formula is C25H37NO4. The first-order valence-electron chi connectivity index (χ1n) is 10.3. The smallest absolute Gasteiger partial charge is 0.188 e. The van der Waals surface area contributed by atoms with Crippen LogP contribution < -0.4 is 15.2 Å². The molecule has 0 aliphatic carbocycles. The Hall–Kier alpha value is -2.08. The summed E-state index contributed by atoms with van der Waals surface area (Å²) >= 11 is 0. The first-order chi connectivity index (χ1) is 14.0. The van der Waals surface area contributed by atoms with Gasteiger partial charge >= 0.3 is 0 Å². The van der Waals surface area contributed by atoms with Crippen LogP contribution in [0.3, 0.4) is 0 Å². The Bertz CT molecular complexity index is 765. The maximum absolute atomic E-state index is 6.84. The molecule has 5 heteroatoms. The number of methoxy groups -OCH3 is 2. The molecule has 30 heavy (non-hydrogen) atoms. The second kappa shape index (κ2) is 9.82. The third-order valence-electron chi connectivity index (χ3n) is 5.09. The van der Waals surface area contributed by atoms with Crippen molar-refractivity contribution in [3.05, 3.63) is 58.7 Å². The first-order valence-corrected chi connectivity index (χ1v) is 10.3. The van der Waals surface area contributed by atoms with Crippen LogP contribution in [0.2, 0.25) is 0 Å². The highest BCUT2D eigenvalue weighted by Gasteiger charge is 2.24. The van der Waals surface area contributed by atoms with Gasteiger partial charge in [-0.3, -0.25) is 0 Å². The van der Waals surface area contributed by atoms with Crippen LogP contribution in [0.15, 0.2) is 36.4 Å². The van der Waals surface area contributed by atoms with Gasteiger partial charge in [0.15, 0.2) is 13.6 Å². The molecule has 0 heterocycles. The van der Waals surface area contributed by atoms with Gasteiger partial charge < -0.3 is 24.7 Å². The van der Waals surface area contributed by atoms with E-state index in [0.29, 0.717) is 11.5 Å². The van der Waals surface area contributed by atoms with Crippen LogP contribution in [0, 0.1) is 0 Å². The third-order valence-corrected chi connectivity index (χ3v) is 5.09. The normalized spacial score (nSPS) is 12.3. The standard InChI is InChI=1S/C25H37NO4/c1-24(2,3)17-9-11-21(29-15-27-7)19(13-17)23(26)20-14-18(25(4,5)6)10-12-22(20)30-16-28-8/h9-14,23H,15-16,26H2,1-8H3. The van der Waals surface area contributed by atoms with Crippen LogP contribution in [0.5, 0.6) is 11.5 Å². The summed E-state index contributed by atoms with van der Waals surface area (Å²) in [5, 5.41) is 0. The molecule has 0 atom stereocenters. The van der Waals surface area contributed by atoms with E-state index in [1.165, 1.54) is 11.1 Å². The Morgan fingerprint density at radius 2 is 1.07 bits per heavy atom. The lowest BCUT2D eigenvalue weighted by atomic mass is 9.82. The fraction of sp³-hybridized carbons (Fsp3) is 0.520. The van der Waals surface area contributed by atoms with Gasteiger partial charge in [-0.2, -0.15) is 0 Å². The molecule has 2 aromatic carbocycles. The van der Waals surface area contributed by atoms with Gasteiger partial charge in [0, 0.05) is 25.3 Å². The average Bonchev–Trinajstić information content (AvgIpc) is 2.68. The molecule has 2 aromatic rings. The number of nitrogens with two attached hydrogens (primary N) is 1. The van der Waals surface area contributed by atoms with Crippen molar-refractivity contribution in [1.29, 1.82) is 0 Å². The highest BCUT2D eigenvalue weighted by Crippen LogP contribution is 2.38. The van der Waals surface area contributed by atoms with Crippen molar-refractivity contribution in [2.75, 3.05) is 27.8 Å². The van der Waals surface area contributed by atoms with Crippen molar-refractivity contribution in [3.63, 3.8) is 0 Å². The molecule has 0 spiro atoms. The van der Waals surface area contributed by atoms with Crippen LogP contribution in [0.4, 0.5) is 0 Å². The van der Waals surface area contributed by atoms with E-state index < -0.39 is 6.04 Å². The maximum Gasteiger partial charge on any atom is 0.188 e. The van der Waals surface area contributed by atoms with Crippen molar-refractivity contribution < 1.29 is 18.9 Å². The van der Waals surface area contributed by atoms with E-state index in [0.717, 1.165) is 11.1 Å². The zero-order chi connectivity index (χ0) is 22.5.